The van der Waals surface area contributed by atoms with Crippen molar-refractivity contribution >= 4 is 5.78 Å². The van der Waals surface area contributed by atoms with Crippen molar-refractivity contribution in [2.24, 2.45) is 0 Å². The Morgan fingerprint density at radius 1 is 0.906 bits per heavy atom. The molecule has 0 aliphatic heterocycles. The standard InChI is InChI=1S/C18H7F9N2O2.Mn/c1-5-11(16(30)6-2-7(19)12(8(20)3-6)18(25,26)27)17(31)29(28-5)15-13(23)9(21)4-10(22)14(15)24;/h2-4,31H,1H3;. The van der Waals surface area contributed by atoms with Crippen LogP contribution in [0.15, 0.2) is 18.2 Å². The van der Waals surface area contributed by atoms with Crippen molar-refractivity contribution in [3.05, 3.63) is 75.5 Å². The van der Waals surface area contributed by atoms with Crippen LogP contribution in [0.25, 0.3) is 5.69 Å². The molecule has 0 spiro atoms. The second kappa shape index (κ2) is 8.51. The van der Waals surface area contributed by atoms with Gasteiger partial charge < -0.3 is 5.11 Å². The monoisotopic (exact) mass is 509 g/mol. The Morgan fingerprint density at radius 3 is 1.81 bits per heavy atom. The zero-order valence-electron chi connectivity index (χ0n) is 15.3. The summed E-state index contributed by atoms with van der Waals surface area (Å²) in [7, 11) is 0. The molecule has 1 heterocycles. The average molecular weight is 509 g/mol. The third-order valence-electron chi connectivity index (χ3n) is 4.15. The second-order valence-electron chi connectivity index (χ2n) is 6.15. The van der Waals surface area contributed by atoms with Crippen molar-refractivity contribution in [2.75, 3.05) is 0 Å². The van der Waals surface area contributed by atoms with Gasteiger partial charge in [0.05, 0.1) is 5.69 Å². The molecule has 4 nitrogen and oxygen atoms in total. The molecule has 3 aromatic rings. The van der Waals surface area contributed by atoms with Crippen molar-refractivity contribution in [1.29, 1.82) is 0 Å². The van der Waals surface area contributed by atoms with Gasteiger partial charge in [-0.15, -0.1) is 0 Å². The van der Waals surface area contributed by atoms with Crippen LogP contribution in [0.1, 0.15) is 27.2 Å². The first-order valence-corrected chi connectivity index (χ1v) is 7.98. The first-order valence-electron chi connectivity index (χ1n) is 7.98. The number of carbonyl (C=O) groups excluding carboxylic acids is 1. The number of benzene rings is 2. The quantitative estimate of drug-likeness (QED) is 0.235. The maximum absolute atomic E-state index is 14.0. The Hall–Kier alpha value is -2.99. The van der Waals surface area contributed by atoms with E-state index in [-0.39, 0.29) is 39.9 Å². The fourth-order valence-electron chi connectivity index (χ4n) is 2.80. The number of halogens is 9. The number of hydrogen-bond donors (Lipinski definition) is 1. The molecule has 14 heteroatoms. The molecule has 0 aliphatic rings. The zero-order chi connectivity index (χ0) is 23.4. The van der Waals surface area contributed by atoms with Crippen molar-refractivity contribution in [1.82, 2.24) is 9.78 Å². The molecule has 2 aromatic carbocycles. The molecule has 0 atom stereocenters. The molecule has 0 saturated heterocycles. The average Bonchev–Trinajstić information content (AvgIpc) is 2.92. The van der Waals surface area contributed by atoms with Gasteiger partial charge in [-0.2, -0.15) is 23.0 Å². The Labute approximate surface area is 182 Å². The van der Waals surface area contributed by atoms with Gasteiger partial charge in [0, 0.05) is 28.7 Å². The molecule has 0 bridgehead atoms. The normalized spacial score (nSPS) is 11.4. The Bertz CT molecular complexity index is 1190. The van der Waals surface area contributed by atoms with Crippen LogP contribution < -0.4 is 0 Å². The smallest absolute Gasteiger partial charge is 0.422 e. The first-order chi connectivity index (χ1) is 14.3. The minimum Gasteiger partial charge on any atom is -0.493 e. The summed E-state index contributed by atoms with van der Waals surface area (Å²) in [6.07, 6.45) is -5.41. The van der Waals surface area contributed by atoms with Crippen LogP contribution in [0.5, 0.6) is 5.88 Å². The predicted molar refractivity (Wildman–Crippen MR) is 84.6 cm³/mol. The van der Waals surface area contributed by atoms with Gasteiger partial charge in [0.2, 0.25) is 11.7 Å². The summed E-state index contributed by atoms with van der Waals surface area (Å²) in [5.74, 6) is -14.8. The van der Waals surface area contributed by atoms with Crippen LogP contribution in [0.3, 0.4) is 0 Å². The number of aromatic hydroxyl groups is 1. The number of aryl methyl sites for hydroxylation is 1. The summed E-state index contributed by atoms with van der Waals surface area (Å²) in [5, 5.41) is 13.6. The third-order valence-corrected chi connectivity index (χ3v) is 4.15. The van der Waals surface area contributed by atoms with Gasteiger partial charge in [-0.05, 0) is 19.1 Å². The fourth-order valence-corrected chi connectivity index (χ4v) is 2.80. The van der Waals surface area contributed by atoms with E-state index in [0.29, 0.717) is 0 Å². The van der Waals surface area contributed by atoms with E-state index in [2.05, 4.69) is 5.10 Å². The second-order valence-corrected chi connectivity index (χ2v) is 6.15. The van der Waals surface area contributed by atoms with Gasteiger partial charge >= 0.3 is 6.18 Å². The predicted octanol–water partition coefficient (Wildman–Crippen LogP) is 4.97. The molecular weight excluding hydrogens is 502 g/mol. The molecule has 32 heavy (non-hydrogen) atoms. The molecule has 1 N–H and O–H groups in total. The number of alkyl halides is 3. The minimum absolute atomic E-state index is 0. The minimum atomic E-state index is -5.41. The van der Waals surface area contributed by atoms with E-state index in [4.69, 9.17) is 0 Å². The summed E-state index contributed by atoms with van der Waals surface area (Å²) < 4.78 is 120. The molecule has 3 rings (SSSR count). The summed E-state index contributed by atoms with van der Waals surface area (Å²) in [5.41, 5.74) is -6.26. The van der Waals surface area contributed by atoms with Gasteiger partial charge in [-0.25, -0.2) is 26.3 Å². The van der Waals surface area contributed by atoms with E-state index in [9.17, 15) is 49.4 Å². The van der Waals surface area contributed by atoms with Crippen LogP contribution in [0.2, 0.25) is 0 Å². The third kappa shape index (κ3) is 4.07. The molecule has 0 unspecified atom stereocenters. The number of aromatic nitrogens is 2. The van der Waals surface area contributed by atoms with Gasteiger partial charge in [0.1, 0.15) is 28.4 Å². The van der Waals surface area contributed by atoms with Crippen LogP contribution >= 0.6 is 0 Å². The number of hydrogen-bond acceptors (Lipinski definition) is 3. The van der Waals surface area contributed by atoms with E-state index in [1.54, 1.807) is 0 Å². The zero-order valence-corrected chi connectivity index (χ0v) is 16.4. The molecule has 0 fully saturated rings. The van der Waals surface area contributed by atoms with Crippen LogP contribution in [0.4, 0.5) is 39.5 Å². The van der Waals surface area contributed by atoms with Gasteiger partial charge in [0.15, 0.2) is 23.3 Å². The van der Waals surface area contributed by atoms with E-state index >= 15 is 0 Å². The Balaban J connectivity index is 0.00000363. The van der Waals surface area contributed by atoms with Crippen molar-refractivity contribution < 1.29 is 66.5 Å². The SMILES string of the molecule is Cc1nn(-c2c(F)c(F)cc(F)c2F)c(O)c1C(=O)c1cc(F)c(C(F)(F)F)c(F)c1.[Mn]. The Morgan fingerprint density at radius 2 is 1.38 bits per heavy atom. The molecular formula is C18H7F9MnN2O2. The maximum atomic E-state index is 14.0. The molecule has 171 valence electrons. The topological polar surface area (TPSA) is 55.1 Å². The van der Waals surface area contributed by atoms with E-state index in [0.717, 1.165) is 6.92 Å². The summed E-state index contributed by atoms with van der Waals surface area (Å²) in [6, 6.07) is -0.0532. The van der Waals surface area contributed by atoms with Crippen molar-refractivity contribution in [3.8, 4) is 11.6 Å². The van der Waals surface area contributed by atoms with Crippen LogP contribution in [-0.4, -0.2) is 20.7 Å². The van der Waals surface area contributed by atoms with Gasteiger partial charge in [0.25, 0.3) is 0 Å². The van der Waals surface area contributed by atoms with Gasteiger partial charge in [-0.3, -0.25) is 4.79 Å². The molecule has 1 radical (unpaired) electrons. The summed E-state index contributed by atoms with van der Waals surface area (Å²) >= 11 is 0. The van der Waals surface area contributed by atoms with Crippen molar-refractivity contribution in [2.45, 2.75) is 13.1 Å². The Kier molecular flexibility index (Phi) is 6.72. The molecule has 0 aliphatic carbocycles. The van der Waals surface area contributed by atoms with Crippen molar-refractivity contribution in [3.63, 3.8) is 0 Å². The maximum Gasteiger partial charge on any atom is 0.422 e. The van der Waals surface area contributed by atoms with Crippen LogP contribution in [0, 0.1) is 41.8 Å². The fraction of sp³-hybridized carbons (Fsp3) is 0.111. The first kappa shape index (κ1) is 25.3. The molecule has 0 saturated carbocycles. The molecule has 0 amide bonds. The summed E-state index contributed by atoms with van der Waals surface area (Å²) in [6.45, 7) is 0.978. The van der Waals surface area contributed by atoms with E-state index < -0.39 is 80.8 Å². The number of rotatable bonds is 3. The number of ketones is 1. The van der Waals surface area contributed by atoms with Crippen LogP contribution in [-0.2, 0) is 23.2 Å². The summed E-state index contributed by atoms with van der Waals surface area (Å²) in [4.78, 5) is 12.5. The van der Waals surface area contributed by atoms with E-state index in [1.807, 2.05) is 0 Å². The van der Waals surface area contributed by atoms with E-state index in [1.165, 1.54) is 0 Å². The number of carbonyl (C=O) groups is 1. The van der Waals surface area contributed by atoms with Gasteiger partial charge in [-0.1, -0.05) is 0 Å². The largest absolute Gasteiger partial charge is 0.493 e. The number of nitrogens with zero attached hydrogens (tertiary/aromatic N) is 2. The molecule has 1 aromatic heterocycles.